The van der Waals surface area contributed by atoms with Crippen LogP contribution in [0.15, 0.2) is 77.6 Å². The number of nitrogens with zero attached hydrogens (tertiary/aromatic N) is 11. The Hall–Kier alpha value is -7.84. The number of benzene rings is 3. The molecule has 0 spiro atoms. The number of phenolic OH excluding ortho intramolecular Hbond substituents is 1. The van der Waals surface area contributed by atoms with Gasteiger partial charge in [0.15, 0.2) is 17.4 Å². The van der Waals surface area contributed by atoms with E-state index in [4.69, 9.17) is 20.7 Å². The molecule has 440 valence electrons. The van der Waals surface area contributed by atoms with Crippen LogP contribution in [-0.4, -0.2) is 175 Å². The molecular formula is C62H70F3N13O6. The molecule has 5 aliphatic heterocycles. The van der Waals surface area contributed by atoms with Gasteiger partial charge in [-0.2, -0.15) is 15.1 Å². The number of fused-ring (bicyclic) bond motifs is 4. The number of phenols is 1. The third kappa shape index (κ3) is 11.3. The molecule has 12 rings (SSSR count). The topological polar surface area (TPSA) is 207 Å². The number of carbonyl (C=O) groups excluding carboxylic acids is 2. The van der Waals surface area contributed by atoms with Gasteiger partial charge in [0.2, 0.25) is 11.8 Å². The van der Waals surface area contributed by atoms with Crippen molar-refractivity contribution in [2.45, 2.75) is 94.7 Å². The first-order chi connectivity index (χ1) is 40.5. The van der Waals surface area contributed by atoms with Crippen molar-refractivity contribution in [1.82, 2.24) is 55.2 Å². The zero-order valence-electron chi connectivity index (χ0n) is 47.6. The fourth-order valence-electron chi connectivity index (χ4n) is 13.2. The van der Waals surface area contributed by atoms with Gasteiger partial charge >= 0.3 is 6.01 Å². The van der Waals surface area contributed by atoms with E-state index in [1.165, 1.54) is 35.4 Å². The molecule has 6 atom stereocenters. The van der Waals surface area contributed by atoms with Crippen LogP contribution in [-0.2, 0) is 16.6 Å². The third-order valence-corrected chi connectivity index (χ3v) is 17.7. The van der Waals surface area contributed by atoms with Gasteiger partial charge in [-0.25, -0.2) is 13.2 Å². The molecule has 0 radical (unpaired) electrons. The highest BCUT2D eigenvalue weighted by molar-refractivity contribution is 6.03. The SMILES string of the molecule is C#Cc1c(F)ccc2cc(O)cc(-c3ncc4c(N5CC6CCC(C5)N6)nc(OCCN5CCC(F)(CN6CCN(c7cc(C(C(=O)N8C[C@H](O)C[C@H]8C(=O)NC(C)c8ccc(-c9ccnn9C)cc8)C(C)C)on7)CC6)CC5)nc4c3F)c12. The highest BCUT2D eigenvalue weighted by Crippen LogP contribution is 2.40. The van der Waals surface area contributed by atoms with Crippen LogP contribution in [0.3, 0.4) is 0 Å². The van der Waals surface area contributed by atoms with Crippen LogP contribution in [0.25, 0.3) is 44.2 Å². The third-order valence-electron chi connectivity index (χ3n) is 17.7. The number of halogens is 3. The zero-order valence-corrected chi connectivity index (χ0v) is 47.6. The van der Waals surface area contributed by atoms with Crippen LogP contribution < -0.4 is 25.2 Å². The number of likely N-dealkylation sites (tertiary alicyclic amines) is 2. The normalized spacial score (nSPS) is 21.8. The smallest absolute Gasteiger partial charge is 0.319 e. The molecule has 84 heavy (non-hydrogen) atoms. The molecule has 2 bridgehead atoms. The highest BCUT2D eigenvalue weighted by atomic mass is 19.1. The van der Waals surface area contributed by atoms with Crippen LogP contribution >= 0.6 is 0 Å². The van der Waals surface area contributed by atoms with Crippen molar-refractivity contribution in [3.8, 4) is 46.6 Å². The number of ether oxygens (including phenoxy) is 1. The number of carbonyl (C=O) groups is 2. The minimum atomic E-state index is -1.40. The standard InChI is InChI=1S/C62H70F3N13O6/c1-6-45-48(63)14-11-40-27-43(79)28-46(54(40)45)56-55(64)57-47(31-66-56)58(77-32-41-12-13-42(33-77)69-41)71-61(70-57)83-26-25-74-19-16-62(65,17-20-74)35-75-21-23-76(24-22-75)52-30-51(84-72-52)53(36(2)3)60(82)78-34-44(80)29-50(78)59(81)68-37(4)38-7-9-39(10-8-38)49-15-18-67-73(49)5/h1,7-11,14-15,18,27-28,30-31,36-37,41-42,44,50,53,69,79-80H,12-13,16-17,19-26,29,32-35H2,2-5H3,(H,68,81)/t37?,41?,42?,44-,50+,53?/m1/s1. The van der Waals surface area contributed by atoms with Gasteiger partial charge in [-0.3, -0.25) is 29.1 Å². The molecule has 0 aliphatic carbocycles. The molecule has 5 fully saturated rings. The number of hydrogen-bond donors (Lipinski definition) is 4. The average molecular weight is 1150 g/mol. The summed E-state index contributed by atoms with van der Waals surface area (Å²) in [6.07, 6.45) is 11.0. The molecule has 5 saturated heterocycles. The van der Waals surface area contributed by atoms with Gasteiger partial charge in [-0.05, 0) is 79.3 Å². The van der Waals surface area contributed by atoms with Crippen molar-refractivity contribution in [2.24, 2.45) is 13.0 Å². The number of anilines is 2. The van der Waals surface area contributed by atoms with E-state index in [-0.39, 0.29) is 101 Å². The van der Waals surface area contributed by atoms with Crippen LogP contribution in [0.2, 0.25) is 0 Å². The number of amides is 2. The quantitative estimate of drug-likeness (QED) is 0.0741. The van der Waals surface area contributed by atoms with Crippen molar-refractivity contribution in [3.05, 3.63) is 102 Å². The molecule has 9 heterocycles. The molecule has 4 unspecified atom stereocenters. The molecule has 4 N–H and O–H groups in total. The van der Waals surface area contributed by atoms with Crippen molar-refractivity contribution in [2.75, 3.05) is 88.4 Å². The Bertz CT molecular complexity index is 3620. The van der Waals surface area contributed by atoms with E-state index in [9.17, 15) is 19.8 Å². The summed E-state index contributed by atoms with van der Waals surface area (Å²) >= 11 is 0. The van der Waals surface area contributed by atoms with E-state index < -0.39 is 35.4 Å². The monoisotopic (exact) mass is 1150 g/mol. The summed E-state index contributed by atoms with van der Waals surface area (Å²) in [6, 6.07) is 16.3. The average Bonchev–Trinajstić information content (AvgIpc) is 2.21. The number of hydrogen-bond acceptors (Lipinski definition) is 16. The van der Waals surface area contributed by atoms with E-state index in [1.54, 1.807) is 16.9 Å². The molecule has 3 aromatic carbocycles. The van der Waals surface area contributed by atoms with Crippen molar-refractivity contribution in [1.29, 1.82) is 0 Å². The molecule has 0 saturated carbocycles. The molecule has 7 aromatic rings. The lowest BCUT2D eigenvalue weighted by Gasteiger charge is -2.41. The van der Waals surface area contributed by atoms with E-state index in [0.29, 0.717) is 99.9 Å². The lowest BCUT2D eigenvalue weighted by atomic mass is 9.91. The Morgan fingerprint density at radius 2 is 1.69 bits per heavy atom. The number of terminal acetylenes is 1. The largest absolute Gasteiger partial charge is 0.508 e. The van der Waals surface area contributed by atoms with E-state index >= 15 is 13.2 Å². The Balaban J connectivity index is 0.647. The first-order valence-electron chi connectivity index (χ1n) is 29.1. The second kappa shape index (κ2) is 23.3. The predicted molar refractivity (Wildman–Crippen MR) is 311 cm³/mol. The van der Waals surface area contributed by atoms with E-state index in [0.717, 1.165) is 29.7 Å². The fraction of sp³-hybridized carbons (Fsp3) is 0.468. The molecular weight excluding hydrogens is 1080 g/mol. The number of piperazine rings is 2. The Morgan fingerprint density at radius 3 is 2.39 bits per heavy atom. The fourth-order valence-corrected chi connectivity index (χ4v) is 13.2. The summed E-state index contributed by atoms with van der Waals surface area (Å²) in [7, 11) is 1.88. The number of aliphatic hydroxyl groups excluding tert-OH is 1. The number of aryl methyl sites for hydroxylation is 1. The number of pyridine rings is 1. The molecule has 2 amide bonds. The maximum Gasteiger partial charge on any atom is 0.319 e. The molecule has 5 aliphatic rings. The Kier molecular flexibility index (Phi) is 15.7. The minimum absolute atomic E-state index is 0.0218. The summed E-state index contributed by atoms with van der Waals surface area (Å²) in [6.45, 7) is 11.3. The van der Waals surface area contributed by atoms with E-state index in [1.807, 2.05) is 58.2 Å². The number of nitrogens with one attached hydrogen (secondary N) is 2. The van der Waals surface area contributed by atoms with Gasteiger partial charge in [0.05, 0.1) is 28.8 Å². The van der Waals surface area contributed by atoms with Gasteiger partial charge in [0.1, 0.15) is 52.8 Å². The molecule has 22 heteroatoms. The number of aromatic hydroxyl groups is 1. The summed E-state index contributed by atoms with van der Waals surface area (Å²) in [5.41, 5.74) is 1.31. The second-order valence-electron chi connectivity index (χ2n) is 23.7. The first kappa shape index (κ1) is 56.6. The maximum atomic E-state index is 17.1. The first-order valence-corrected chi connectivity index (χ1v) is 29.1. The Morgan fingerprint density at radius 1 is 0.940 bits per heavy atom. The summed E-state index contributed by atoms with van der Waals surface area (Å²) in [5.74, 6) is 0.602. The lowest BCUT2D eigenvalue weighted by Crippen LogP contribution is -2.53. The van der Waals surface area contributed by atoms with E-state index in [2.05, 4.69) is 56.4 Å². The molecule has 19 nitrogen and oxygen atoms in total. The maximum absolute atomic E-state index is 17.1. The van der Waals surface area contributed by atoms with Crippen LogP contribution in [0.1, 0.15) is 81.7 Å². The van der Waals surface area contributed by atoms with Crippen LogP contribution in [0.5, 0.6) is 11.8 Å². The van der Waals surface area contributed by atoms with Gasteiger partial charge in [0, 0.05) is 127 Å². The number of alkyl halides is 1. The zero-order chi connectivity index (χ0) is 58.6. The Labute approximate surface area is 485 Å². The van der Waals surface area contributed by atoms with Crippen molar-refractivity contribution in [3.63, 3.8) is 0 Å². The van der Waals surface area contributed by atoms with Crippen LogP contribution in [0, 0.1) is 29.9 Å². The summed E-state index contributed by atoms with van der Waals surface area (Å²) in [5, 5.41) is 37.9. The number of aromatic nitrogens is 6. The minimum Gasteiger partial charge on any atom is -0.508 e. The molecule has 4 aromatic heterocycles. The van der Waals surface area contributed by atoms with Crippen molar-refractivity contribution < 1.29 is 42.2 Å². The number of β-amino-alcohol motifs (C(OH)–C–C–N with tert-alkyl or cyclic N) is 1. The highest BCUT2D eigenvalue weighted by Gasteiger charge is 2.44. The van der Waals surface area contributed by atoms with Crippen LogP contribution in [0.4, 0.5) is 24.8 Å². The lowest BCUT2D eigenvalue weighted by molar-refractivity contribution is -0.141. The van der Waals surface area contributed by atoms with Gasteiger partial charge < -0.3 is 44.8 Å². The predicted octanol–water partition coefficient (Wildman–Crippen LogP) is 6.72. The van der Waals surface area contributed by atoms with Gasteiger partial charge in [0.25, 0.3) is 0 Å². The van der Waals surface area contributed by atoms with Crippen molar-refractivity contribution >= 4 is 45.1 Å². The van der Waals surface area contributed by atoms with Gasteiger partial charge in [-0.15, -0.1) is 6.42 Å². The summed E-state index contributed by atoms with van der Waals surface area (Å²) in [4.78, 5) is 52.2. The summed E-state index contributed by atoms with van der Waals surface area (Å²) < 4.78 is 62.8. The van der Waals surface area contributed by atoms with Gasteiger partial charge in [-0.1, -0.05) is 55.3 Å². The second-order valence-corrected chi connectivity index (χ2v) is 23.7. The number of rotatable bonds is 16. The number of aliphatic hydroxyl groups is 1. The number of piperidine rings is 1.